The highest BCUT2D eigenvalue weighted by molar-refractivity contribution is 5.68. The molecule has 0 aliphatic carbocycles. The second-order valence-electron chi connectivity index (χ2n) is 6.89. The van der Waals surface area contributed by atoms with Crippen molar-refractivity contribution in [1.82, 2.24) is 10.2 Å². The van der Waals surface area contributed by atoms with Gasteiger partial charge in [-0.25, -0.2) is 4.79 Å². The van der Waals surface area contributed by atoms with Gasteiger partial charge in [-0.1, -0.05) is 0 Å². The molecule has 0 spiro atoms. The van der Waals surface area contributed by atoms with Gasteiger partial charge in [0.25, 0.3) is 0 Å². The molecule has 0 unspecified atom stereocenters. The van der Waals surface area contributed by atoms with Crippen LogP contribution >= 0.6 is 0 Å². The first-order chi connectivity index (χ1) is 9.78. The Morgan fingerprint density at radius 2 is 1.52 bits per heavy atom. The Bertz CT molecular complexity index is 303. The normalized spacial score (nSPS) is 21.5. The van der Waals surface area contributed by atoms with E-state index in [9.17, 15) is 4.79 Å². The predicted octanol–water partition coefficient (Wildman–Crippen LogP) is 1.04. The molecule has 0 saturated carbocycles. The van der Waals surface area contributed by atoms with Crippen molar-refractivity contribution in [3.8, 4) is 0 Å². The van der Waals surface area contributed by atoms with Crippen molar-refractivity contribution in [3.63, 3.8) is 0 Å². The summed E-state index contributed by atoms with van der Waals surface area (Å²) < 4.78 is 5.26. The van der Waals surface area contributed by atoms with E-state index in [-0.39, 0.29) is 12.1 Å². The van der Waals surface area contributed by atoms with Crippen molar-refractivity contribution in [1.29, 1.82) is 0 Å². The summed E-state index contributed by atoms with van der Waals surface area (Å²) in [7, 11) is 0. The number of rotatable bonds is 0. The van der Waals surface area contributed by atoms with Gasteiger partial charge in [0.05, 0.1) is 0 Å². The molecule has 21 heavy (non-hydrogen) atoms. The summed E-state index contributed by atoms with van der Waals surface area (Å²) in [5.74, 6) is 0. The zero-order valence-corrected chi connectivity index (χ0v) is 13.7. The summed E-state index contributed by atoms with van der Waals surface area (Å²) in [5.41, 5.74) is 10.9. The number of likely N-dealkylation sites (tertiary alicyclic amines) is 1. The van der Waals surface area contributed by atoms with Gasteiger partial charge in [-0.05, 0) is 59.5 Å². The number of hydrogen-bond acceptors (Lipinski definition) is 5. The number of nitrogens with zero attached hydrogens (tertiary/aromatic N) is 1. The molecule has 2 aliphatic rings. The van der Waals surface area contributed by atoms with Crippen LogP contribution < -0.4 is 16.8 Å². The Morgan fingerprint density at radius 3 is 1.90 bits per heavy atom. The quantitative estimate of drug-likeness (QED) is 0.621. The largest absolute Gasteiger partial charge is 0.444 e. The van der Waals surface area contributed by atoms with Crippen LogP contribution in [0.25, 0.3) is 0 Å². The van der Waals surface area contributed by atoms with Crippen LogP contribution in [0.4, 0.5) is 4.79 Å². The lowest BCUT2D eigenvalue weighted by Gasteiger charge is -2.32. The Kier molecular flexibility index (Phi) is 7.42. The number of nitrogens with one attached hydrogen (secondary N) is 1. The molecule has 5 N–H and O–H groups in total. The molecule has 0 aromatic rings. The molecule has 0 aromatic heterocycles. The summed E-state index contributed by atoms with van der Waals surface area (Å²) in [6, 6.07) is 0.718. The van der Waals surface area contributed by atoms with Gasteiger partial charge in [-0.3, -0.25) is 0 Å². The minimum Gasteiger partial charge on any atom is -0.444 e. The standard InChI is InChI=1S/C10H20N2O2.C5H12N2/c1-10(2,3)14-9(13)12-6-4-8(11)5-7-12;6-5-1-3-7-4-2-5/h8H,4-7,11H2,1-3H3;5,7H,1-4,6H2. The first-order valence-electron chi connectivity index (χ1n) is 7.98. The van der Waals surface area contributed by atoms with Crippen molar-refractivity contribution in [3.05, 3.63) is 0 Å². The Balaban J connectivity index is 0.000000262. The van der Waals surface area contributed by atoms with Crippen molar-refractivity contribution in [2.45, 2.75) is 64.1 Å². The van der Waals surface area contributed by atoms with Crippen molar-refractivity contribution < 1.29 is 9.53 Å². The molecular weight excluding hydrogens is 268 g/mol. The molecule has 2 rings (SSSR count). The zero-order valence-electron chi connectivity index (χ0n) is 13.7. The number of nitrogens with two attached hydrogens (primary N) is 2. The van der Waals surface area contributed by atoms with E-state index in [4.69, 9.17) is 16.2 Å². The third-order valence-corrected chi connectivity index (χ3v) is 3.58. The maximum atomic E-state index is 11.6. The van der Waals surface area contributed by atoms with E-state index in [0.29, 0.717) is 6.04 Å². The van der Waals surface area contributed by atoms with E-state index >= 15 is 0 Å². The molecule has 6 heteroatoms. The molecule has 2 saturated heterocycles. The van der Waals surface area contributed by atoms with Gasteiger partial charge in [-0.2, -0.15) is 0 Å². The van der Waals surface area contributed by atoms with E-state index < -0.39 is 5.60 Å². The number of carbonyl (C=O) groups is 1. The number of amides is 1. The maximum Gasteiger partial charge on any atom is 0.410 e. The van der Waals surface area contributed by atoms with Crippen LogP contribution in [0.3, 0.4) is 0 Å². The van der Waals surface area contributed by atoms with Crippen molar-refractivity contribution in [2.75, 3.05) is 26.2 Å². The van der Waals surface area contributed by atoms with Gasteiger partial charge in [0, 0.05) is 25.2 Å². The van der Waals surface area contributed by atoms with Crippen molar-refractivity contribution in [2.24, 2.45) is 11.5 Å². The monoisotopic (exact) mass is 300 g/mol. The molecule has 0 radical (unpaired) electrons. The Labute approximate surface area is 128 Å². The molecule has 2 heterocycles. The minimum absolute atomic E-state index is 0.218. The van der Waals surface area contributed by atoms with E-state index in [0.717, 1.165) is 51.9 Å². The van der Waals surface area contributed by atoms with Crippen molar-refractivity contribution >= 4 is 6.09 Å². The third-order valence-electron chi connectivity index (χ3n) is 3.58. The summed E-state index contributed by atoms with van der Waals surface area (Å²) >= 11 is 0. The van der Waals surface area contributed by atoms with Gasteiger partial charge >= 0.3 is 6.09 Å². The lowest BCUT2D eigenvalue weighted by atomic mass is 10.1. The Hall–Kier alpha value is -0.850. The highest BCUT2D eigenvalue weighted by atomic mass is 16.6. The molecular formula is C15H32N4O2. The zero-order chi connectivity index (χ0) is 15.9. The summed E-state index contributed by atoms with van der Waals surface area (Å²) in [4.78, 5) is 13.3. The minimum atomic E-state index is -0.406. The van der Waals surface area contributed by atoms with Gasteiger partial charge in [0.1, 0.15) is 5.60 Å². The van der Waals surface area contributed by atoms with E-state index in [1.165, 1.54) is 0 Å². The fourth-order valence-electron chi connectivity index (χ4n) is 2.25. The Morgan fingerprint density at radius 1 is 1.05 bits per heavy atom. The second kappa shape index (κ2) is 8.56. The second-order valence-corrected chi connectivity index (χ2v) is 6.89. The van der Waals surface area contributed by atoms with Crippen LogP contribution in [0.5, 0.6) is 0 Å². The molecule has 1 amide bonds. The first kappa shape index (κ1) is 18.2. The van der Waals surface area contributed by atoms with Gasteiger partial charge < -0.3 is 26.4 Å². The number of hydrogen-bond donors (Lipinski definition) is 3. The topological polar surface area (TPSA) is 93.6 Å². The van der Waals surface area contributed by atoms with Crippen LogP contribution in [0, 0.1) is 0 Å². The third kappa shape index (κ3) is 8.24. The maximum absolute atomic E-state index is 11.6. The summed E-state index contributed by atoms with van der Waals surface area (Å²) in [6.07, 6.45) is 3.84. The fraction of sp³-hybridized carbons (Fsp3) is 0.933. The van der Waals surface area contributed by atoms with Crippen LogP contribution in [-0.2, 0) is 4.74 Å². The number of carbonyl (C=O) groups excluding carboxylic acids is 1. The fourth-order valence-corrected chi connectivity index (χ4v) is 2.25. The molecule has 6 nitrogen and oxygen atoms in total. The SMILES string of the molecule is CC(C)(C)OC(=O)N1CCC(N)CC1.NC1CCNCC1. The van der Waals surface area contributed by atoms with Crippen LogP contribution in [-0.4, -0.2) is 54.9 Å². The summed E-state index contributed by atoms with van der Waals surface area (Å²) in [6.45, 7) is 9.29. The molecule has 2 aliphatic heterocycles. The number of piperidine rings is 2. The van der Waals surface area contributed by atoms with Gasteiger partial charge in [0.15, 0.2) is 0 Å². The molecule has 124 valence electrons. The lowest BCUT2D eigenvalue weighted by Crippen LogP contribution is -2.44. The molecule has 0 bridgehead atoms. The average Bonchev–Trinajstić information content (AvgIpc) is 2.39. The van der Waals surface area contributed by atoms with Gasteiger partial charge in [0.2, 0.25) is 0 Å². The van der Waals surface area contributed by atoms with Gasteiger partial charge in [-0.15, -0.1) is 0 Å². The molecule has 2 fully saturated rings. The summed E-state index contributed by atoms with van der Waals surface area (Å²) in [5, 5.41) is 3.24. The van der Waals surface area contributed by atoms with Crippen LogP contribution in [0.2, 0.25) is 0 Å². The predicted molar refractivity (Wildman–Crippen MR) is 85.1 cm³/mol. The van der Waals surface area contributed by atoms with E-state index in [1.807, 2.05) is 20.8 Å². The van der Waals surface area contributed by atoms with Crippen LogP contribution in [0.1, 0.15) is 46.5 Å². The molecule has 0 atom stereocenters. The molecule has 0 aromatic carbocycles. The average molecular weight is 300 g/mol. The smallest absolute Gasteiger partial charge is 0.410 e. The van der Waals surface area contributed by atoms with Crippen LogP contribution in [0.15, 0.2) is 0 Å². The highest BCUT2D eigenvalue weighted by Crippen LogP contribution is 2.14. The lowest BCUT2D eigenvalue weighted by molar-refractivity contribution is 0.0207. The van der Waals surface area contributed by atoms with E-state index in [1.54, 1.807) is 4.90 Å². The van der Waals surface area contributed by atoms with E-state index in [2.05, 4.69) is 5.32 Å². The first-order valence-corrected chi connectivity index (χ1v) is 7.98. The highest BCUT2D eigenvalue weighted by Gasteiger charge is 2.25. The number of ether oxygens (including phenoxy) is 1.